The van der Waals surface area contributed by atoms with Gasteiger partial charge in [0.1, 0.15) is 0 Å². The van der Waals surface area contributed by atoms with Crippen LogP contribution in [0.2, 0.25) is 0 Å². The van der Waals surface area contributed by atoms with Crippen molar-refractivity contribution >= 4 is 0 Å². The van der Waals surface area contributed by atoms with Gasteiger partial charge in [0.05, 0.1) is 6.10 Å². The van der Waals surface area contributed by atoms with Crippen LogP contribution in [0.15, 0.2) is 0 Å². The Kier molecular flexibility index (Phi) is 4.60. The van der Waals surface area contributed by atoms with Crippen molar-refractivity contribution in [3.05, 3.63) is 0 Å². The lowest BCUT2D eigenvalue weighted by Gasteiger charge is -2.41. The van der Waals surface area contributed by atoms with Gasteiger partial charge in [0.25, 0.3) is 0 Å². The predicted molar refractivity (Wildman–Crippen MR) is 64.9 cm³/mol. The van der Waals surface area contributed by atoms with Gasteiger partial charge in [-0.2, -0.15) is 0 Å². The topological polar surface area (TPSA) is 32.3 Å². The highest BCUT2D eigenvalue weighted by Gasteiger charge is 2.33. The Morgan fingerprint density at radius 1 is 1.27 bits per heavy atom. The van der Waals surface area contributed by atoms with Gasteiger partial charge >= 0.3 is 0 Å². The molecule has 2 heteroatoms. The Labute approximate surface area is 94.5 Å². The van der Waals surface area contributed by atoms with Gasteiger partial charge in [-0.05, 0) is 31.1 Å². The van der Waals surface area contributed by atoms with Crippen LogP contribution in [0.5, 0.6) is 0 Å². The Balaban J connectivity index is 2.50. The zero-order valence-electron chi connectivity index (χ0n) is 10.7. The molecule has 90 valence electrons. The number of aliphatic hydroxyl groups excluding tert-OH is 1. The van der Waals surface area contributed by atoms with Crippen LogP contribution in [0.4, 0.5) is 0 Å². The van der Waals surface area contributed by atoms with Crippen LogP contribution in [0.25, 0.3) is 0 Å². The smallest absolute Gasteiger partial charge is 0.0636 e. The molecule has 0 aliphatic heterocycles. The van der Waals surface area contributed by atoms with Crippen LogP contribution in [-0.4, -0.2) is 23.8 Å². The summed E-state index contributed by atoms with van der Waals surface area (Å²) in [6.07, 6.45) is 5.08. The number of aliphatic hydroxyl groups is 1. The first-order valence-electron chi connectivity index (χ1n) is 6.32. The van der Waals surface area contributed by atoms with E-state index >= 15 is 0 Å². The first kappa shape index (κ1) is 13.0. The third-order valence-corrected chi connectivity index (χ3v) is 3.55. The van der Waals surface area contributed by atoms with Crippen molar-refractivity contribution < 1.29 is 5.11 Å². The van der Waals surface area contributed by atoms with Gasteiger partial charge in [0.15, 0.2) is 0 Å². The van der Waals surface area contributed by atoms with Crippen LogP contribution in [0.3, 0.4) is 0 Å². The second-order valence-corrected chi connectivity index (χ2v) is 6.12. The molecule has 0 bridgehead atoms. The lowest BCUT2D eigenvalue weighted by Crippen LogP contribution is -2.46. The molecule has 1 aliphatic rings. The van der Waals surface area contributed by atoms with Crippen molar-refractivity contribution in [2.75, 3.05) is 6.54 Å². The van der Waals surface area contributed by atoms with Crippen LogP contribution in [0, 0.1) is 11.3 Å². The summed E-state index contributed by atoms with van der Waals surface area (Å²) >= 11 is 0. The summed E-state index contributed by atoms with van der Waals surface area (Å²) in [4.78, 5) is 0. The van der Waals surface area contributed by atoms with Gasteiger partial charge in [0, 0.05) is 12.6 Å². The summed E-state index contributed by atoms with van der Waals surface area (Å²) in [5, 5.41) is 12.8. The van der Waals surface area contributed by atoms with Crippen molar-refractivity contribution in [3.63, 3.8) is 0 Å². The summed E-state index contributed by atoms with van der Waals surface area (Å²) in [6, 6.07) is 0.605. The molecule has 1 aliphatic carbocycles. The fourth-order valence-corrected chi connectivity index (χ4v) is 2.73. The van der Waals surface area contributed by atoms with Crippen molar-refractivity contribution in [1.29, 1.82) is 0 Å². The molecule has 0 aromatic heterocycles. The summed E-state index contributed by atoms with van der Waals surface area (Å²) in [5.74, 6) is 0.755. The molecule has 1 saturated carbocycles. The first-order chi connectivity index (χ1) is 6.91. The molecule has 0 amide bonds. The Morgan fingerprint density at radius 3 is 2.40 bits per heavy atom. The molecule has 3 atom stereocenters. The SMILES string of the molecule is C[C@@H](O)CN[C@H]1CCCC[C@@H]1C(C)(C)C. The Bertz CT molecular complexity index is 183. The zero-order chi connectivity index (χ0) is 11.5. The summed E-state index contributed by atoms with van der Waals surface area (Å²) < 4.78 is 0. The fourth-order valence-electron chi connectivity index (χ4n) is 2.73. The van der Waals surface area contributed by atoms with Gasteiger partial charge < -0.3 is 10.4 Å². The normalized spacial score (nSPS) is 30.2. The number of rotatable bonds is 3. The largest absolute Gasteiger partial charge is 0.392 e. The molecule has 0 unspecified atom stereocenters. The van der Waals surface area contributed by atoms with Crippen LogP contribution < -0.4 is 5.32 Å². The molecular formula is C13H27NO. The maximum absolute atomic E-state index is 9.31. The van der Waals surface area contributed by atoms with E-state index in [1.54, 1.807) is 0 Å². The third-order valence-electron chi connectivity index (χ3n) is 3.55. The lowest BCUT2D eigenvalue weighted by atomic mass is 9.69. The molecule has 0 aromatic carbocycles. The van der Waals surface area contributed by atoms with Crippen LogP contribution >= 0.6 is 0 Å². The average Bonchev–Trinajstić information content (AvgIpc) is 2.13. The molecule has 0 saturated heterocycles. The van der Waals surface area contributed by atoms with Crippen molar-refractivity contribution in [1.82, 2.24) is 5.32 Å². The second kappa shape index (κ2) is 5.31. The molecule has 0 spiro atoms. The van der Waals surface area contributed by atoms with Gasteiger partial charge in [-0.25, -0.2) is 0 Å². The Morgan fingerprint density at radius 2 is 1.87 bits per heavy atom. The maximum atomic E-state index is 9.31. The minimum atomic E-state index is -0.229. The molecule has 1 fully saturated rings. The molecule has 2 N–H and O–H groups in total. The average molecular weight is 213 g/mol. The fraction of sp³-hybridized carbons (Fsp3) is 1.00. The predicted octanol–water partition coefficient (Wildman–Crippen LogP) is 2.56. The number of hydrogen-bond donors (Lipinski definition) is 2. The van der Waals surface area contributed by atoms with Gasteiger partial charge in [-0.15, -0.1) is 0 Å². The monoisotopic (exact) mass is 213 g/mol. The van der Waals surface area contributed by atoms with Crippen LogP contribution in [0.1, 0.15) is 53.4 Å². The highest BCUT2D eigenvalue weighted by atomic mass is 16.3. The Hall–Kier alpha value is -0.0800. The minimum absolute atomic E-state index is 0.229. The second-order valence-electron chi connectivity index (χ2n) is 6.12. The molecule has 0 radical (unpaired) electrons. The summed E-state index contributed by atoms with van der Waals surface area (Å²) in [6.45, 7) is 9.58. The lowest BCUT2D eigenvalue weighted by molar-refractivity contribution is 0.114. The van der Waals surface area contributed by atoms with E-state index in [4.69, 9.17) is 0 Å². The summed E-state index contributed by atoms with van der Waals surface area (Å²) in [7, 11) is 0. The third kappa shape index (κ3) is 4.12. The highest BCUT2D eigenvalue weighted by Crippen LogP contribution is 2.37. The van der Waals surface area contributed by atoms with E-state index < -0.39 is 0 Å². The first-order valence-corrected chi connectivity index (χ1v) is 6.32. The standard InChI is InChI=1S/C13H27NO/c1-10(15)9-14-12-8-6-5-7-11(12)13(2,3)4/h10-12,14-15H,5-9H2,1-4H3/t10-,11+,12+/m1/s1. The molecule has 1 rings (SSSR count). The van der Waals surface area contributed by atoms with E-state index in [0.29, 0.717) is 11.5 Å². The highest BCUT2D eigenvalue weighted by molar-refractivity contribution is 4.88. The number of hydrogen-bond acceptors (Lipinski definition) is 2. The molecular weight excluding hydrogens is 186 g/mol. The molecule has 0 heterocycles. The molecule has 2 nitrogen and oxygen atoms in total. The van der Waals surface area contributed by atoms with Gasteiger partial charge in [0.2, 0.25) is 0 Å². The van der Waals surface area contributed by atoms with Gasteiger partial charge in [-0.3, -0.25) is 0 Å². The maximum Gasteiger partial charge on any atom is 0.0636 e. The molecule has 15 heavy (non-hydrogen) atoms. The van der Waals surface area contributed by atoms with Crippen molar-refractivity contribution in [2.45, 2.75) is 65.5 Å². The zero-order valence-corrected chi connectivity index (χ0v) is 10.7. The number of nitrogens with one attached hydrogen (secondary N) is 1. The van der Waals surface area contributed by atoms with E-state index in [2.05, 4.69) is 26.1 Å². The van der Waals surface area contributed by atoms with Crippen molar-refractivity contribution in [3.8, 4) is 0 Å². The van der Waals surface area contributed by atoms with Crippen molar-refractivity contribution in [2.24, 2.45) is 11.3 Å². The van der Waals surface area contributed by atoms with Gasteiger partial charge in [-0.1, -0.05) is 33.6 Å². The van der Waals surface area contributed by atoms with E-state index in [-0.39, 0.29) is 6.10 Å². The van der Waals surface area contributed by atoms with E-state index in [1.807, 2.05) is 6.92 Å². The summed E-state index contributed by atoms with van der Waals surface area (Å²) in [5.41, 5.74) is 0.386. The molecule has 0 aromatic rings. The minimum Gasteiger partial charge on any atom is -0.392 e. The van der Waals surface area contributed by atoms with E-state index in [0.717, 1.165) is 12.5 Å². The van der Waals surface area contributed by atoms with E-state index in [1.165, 1.54) is 25.7 Å². The van der Waals surface area contributed by atoms with Crippen LogP contribution in [-0.2, 0) is 0 Å². The van der Waals surface area contributed by atoms with E-state index in [9.17, 15) is 5.11 Å². The quantitative estimate of drug-likeness (QED) is 0.755.